The summed E-state index contributed by atoms with van der Waals surface area (Å²) in [5.74, 6) is 1.06. The van der Waals surface area contributed by atoms with Crippen LogP contribution in [0.2, 0.25) is 0 Å². The standard InChI is InChI=1S/C20H27NO3/c1-5-10-16(11-6-2)18(20(23)24)21(14-7-3)19(22)17-13-9-8-12-15(17)4/h3,8-9,12-13,16,18H,5-6,10-11,14H2,1-2,4H3,(H,23,24). The minimum atomic E-state index is -0.987. The number of carbonyl (C=O) groups is 2. The van der Waals surface area contributed by atoms with E-state index in [0.29, 0.717) is 5.56 Å². The van der Waals surface area contributed by atoms with E-state index >= 15 is 0 Å². The van der Waals surface area contributed by atoms with E-state index in [0.717, 1.165) is 31.2 Å². The summed E-state index contributed by atoms with van der Waals surface area (Å²) in [5, 5.41) is 9.80. The molecule has 0 aliphatic rings. The van der Waals surface area contributed by atoms with E-state index in [1.807, 2.05) is 32.9 Å². The average molecular weight is 329 g/mol. The largest absolute Gasteiger partial charge is 0.480 e. The van der Waals surface area contributed by atoms with Gasteiger partial charge in [-0.2, -0.15) is 0 Å². The summed E-state index contributed by atoms with van der Waals surface area (Å²) in [7, 11) is 0. The van der Waals surface area contributed by atoms with Crippen LogP contribution in [0.25, 0.3) is 0 Å². The van der Waals surface area contributed by atoms with Crippen LogP contribution >= 0.6 is 0 Å². The van der Waals surface area contributed by atoms with Crippen molar-refractivity contribution in [2.24, 2.45) is 5.92 Å². The first-order valence-corrected chi connectivity index (χ1v) is 8.50. The van der Waals surface area contributed by atoms with Gasteiger partial charge in [-0.1, -0.05) is 50.8 Å². The summed E-state index contributed by atoms with van der Waals surface area (Å²) in [4.78, 5) is 26.3. The van der Waals surface area contributed by atoms with Gasteiger partial charge in [0.05, 0.1) is 6.54 Å². The Morgan fingerprint density at radius 3 is 2.25 bits per heavy atom. The Balaban J connectivity index is 3.26. The number of carboxylic acids is 1. The van der Waals surface area contributed by atoms with Gasteiger partial charge in [-0.25, -0.2) is 4.79 Å². The fraction of sp³-hybridized carbons (Fsp3) is 0.500. The highest BCUT2D eigenvalue weighted by atomic mass is 16.4. The molecular formula is C20H27NO3. The number of carboxylic acid groups (broad SMARTS) is 1. The molecule has 0 heterocycles. The number of carbonyl (C=O) groups excluding carboxylic acids is 1. The van der Waals surface area contributed by atoms with Gasteiger partial charge in [-0.05, 0) is 37.3 Å². The van der Waals surface area contributed by atoms with Crippen LogP contribution in [0, 0.1) is 25.2 Å². The van der Waals surface area contributed by atoms with Crippen molar-refractivity contribution in [3.8, 4) is 12.3 Å². The molecule has 1 rings (SSSR count). The van der Waals surface area contributed by atoms with E-state index in [1.165, 1.54) is 4.90 Å². The van der Waals surface area contributed by atoms with Gasteiger partial charge in [0.1, 0.15) is 6.04 Å². The van der Waals surface area contributed by atoms with Crippen LogP contribution in [0.3, 0.4) is 0 Å². The van der Waals surface area contributed by atoms with E-state index < -0.39 is 12.0 Å². The fourth-order valence-electron chi connectivity index (χ4n) is 3.15. The van der Waals surface area contributed by atoms with Crippen molar-refractivity contribution in [1.82, 2.24) is 4.90 Å². The molecule has 0 fully saturated rings. The summed E-state index contributed by atoms with van der Waals surface area (Å²) < 4.78 is 0. The first-order chi connectivity index (χ1) is 11.5. The minimum Gasteiger partial charge on any atom is -0.480 e. The Kier molecular flexibility index (Phi) is 8.05. The third-order valence-corrected chi connectivity index (χ3v) is 4.25. The lowest BCUT2D eigenvalue weighted by Gasteiger charge is -2.33. The molecule has 1 amide bonds. The number of hydrogen-bond acceptors (Lipinski definition) is 2. The van der Waals surface area contributed by atoms with Crippen LogP contribution < -0.4 is 0 Å². The number of terminal acetylenes is 1. The lowest BCUT2D eigenvalue weighted by atomic mass is 9.88. The highest BCUT2D eigenvalue weighted by Crippen LogP contribution is 2.25. The molecule has 0 radical (unpaired) electrons. The van der Waals surface area contributed by atoms with Crippen molar-refractivity contribution in [2.45, 2.75) is 52.5 Å². The van der Waals surface area contributed by atoms with Crippen LogP contribution in [0.4, 0.5) is 0 Å². The van der Waals surface area contributed by atoms with Crippen molar-refractivity contribution in [3.05, 3.63) is 35.4 Å². The fourth-order valence-corrected chi connectivity index (χ4v) is 3.15. The zero-order valence-corrected chi connectivity index (χ0v) is 14.8. The first-order valence-electron chi connectivity index (χ1n) is 8.50. The molecule has 130 valence electrons. The quantitative estimate of drug-likeness (QED) is 0.702. The van der Waals surface area contributed by atoms with Crippen molar-refractivity contribution in [3.63, 3.8) is 0 Å². The maximum atomic E-state index is 13.0. The van der Waals surface area contributed by atoms with Crippen LogP contribution in [0.1, 0.15) is 55.5 Å². The minimum absolute atomic E-state index is 0.00589. The van der Waals surface area contributed by atoms with E-state index in [-0.39, 0.29) is 18.4 Å². The van der Waals surface area contributed by atoms with Gasteiger partial charge in [0.15, 0.2) is 0 Å². The molecule has 1 N–H and O–H groups in total. The Labute approximate surface area is 144 Å². The molecule has 4 nitrogen and oxygen atoms in total. The third kappa shape index (κ3) is 4.86. The summed E-state index contributed by atoms with van der Waals surface area (Å²) in [5.41, 5.74) is 1.32. The molecule has 24 heavy (non-hydrogen) atoms. The van der Waals surface area contributed by atoms with Crippen molar-refractivity contribution in [2.75, 3.05) is 6.54 Å². The number of amides is 1. The van der Waals surface area contributed by atoms with Gasteiger partial charge in [0.2, 0.25) is 0 Å². The van der Waals surface area contributed by atoms with Gasteiger partial charge in [0, 0.05) is 5.56 Å². The van der Waals surface area contributed by atoms with E-state index in [2.05, 4.69) is 5.92 Å². The van der Waals surface area contributed by atoms with Crippen LogP contribution in [0.5, 0.6) is 0 Å². The zero-order valence-electron chi connectivity index (χ0n) is 14.8. The van der Waals surface area contributed by atoms with E-state index in [9.17, 15) is 14.7 Å². The Morgan fingerprint density at radius 2 is 1.79 bits per heavy atom. The van der Waals surface area contributed by atoms with Gasteiger partial charge >= 0.3 is 5.97 Å². The molecule has 1 aromatic carbocycles. The molecule has 0 spiro atoms. The predicted octanol–water partition coefficient (Wildman–Crippen LogP) is 3.74. The second-order valence-electron chi connectivity index (χ2n) is 6.07. The summed E-state index contributed by atoms with van der Waals surface area (Å²) in [6.07, 6.45) is 8.69. The Bertz CT molecular complexity index is 597. The summed E-state index contributed by atoms with van der Waals surface area (Å²) in [6.45, 7) is 5.88. The molecule has 1 aromatic rings. The Morgan fingerprint density at radius 1 is 1.21 bits per heavy atom. The Hall–Kier alpha value is -2.28. The smallest absolute Gasteiger partial charge is 0.326 e. The molecule has 0 aliphatic heterocycles. The molecule has 0 saturated carbocycles. The second kappa shape index (κ2) is 9.77. The maximum Gasteiger partial charge on any atom is 0.326 e. The summed E-state index contributed by atoms with van der Waals surface area (Å²) >= 11 is 0. The lowest BCUT2D eigenvalue weighted by molar-refractivity contribution is -0.144. The maximum absolute atomic E-state index is 13.0. The SMILES string of the molecule is C#CCN(C(=O)c1ccccc1C)C(C(=O)O)C(CCC)CCC. The number of aryl methyl sites for hydroxylation is 1. The van der Waals surface area contributed by atoms with Crippen molar-refractivity contribution < 1.29 is 14.7 Å². The molecule has 1 unspecified atom stereocenters. The predicted molar refractivity (Wildman–Crippen MR) is 95.8 cm³/mol. The average Bonchev–Trinajstić information content (AvgIpc) is 2.54. The highest BCUT2D eigenvalue weighted by molar-refractivity contribution is 5.98. The van der Waals surface area contributed by atoms with Crippen LogP contribution in [0.15, 0.2) is 24.3 Å². The van der Waals surface area contributed by atoms with Gasteiger partial charge in [-0.15, -0.1) is 6.42 Å². The normalized spacial score (nSPS) is 11.8. The molecule has 0 bridgehead atoms. The van der Waals surface area contributed by atoms with Crippen molar-refractivity contribution in [1.29, 1.82) is 0 Å². The van der Waals surface area contributed by atoms with Gasteiger partial charge in [0.25, 0.3) is 5.91 Å². The first kappa shape index (κ1) is 19.8. The van der Waals surface area contributed by atoms with Crippen molar-refractivity contribution >= 4 is 11.9 Å². The van der Waals surface area contributed by atoms with Crippen LogP contribution in [-0.4, -0.2) is 34.5 Å². The van der Waals surface area contributed by atoms with Gasteiger partial charge in [-0.3, -0.25) is 4.79 Å². The molecular weight excluding hydrogens is 302 g/mol. The number of hydrogen-bond donors (Lipinski definition) is 1. The number of benzene rings is 1. The summed E-state index contributed by atoms with van der Waals surface area (Å²) in [6, 6.07) is 6.29. The van der Waals surface area contributed by atoms with Gasteiger partial charge < -0.3 is 10.0 Å². The molecule has 0 aromatic heterocycles. The molecule has 4 heteroatoms. The van der Waals surface area contributed by atoms with Crippen LogP contribution in [-0.2, 0) is 4.79 Å². The molecule has 1 atom stereocenters. The topological polar surface area (TPSA) is 57.6 Å². The highest BCUT2D eigenvalue weighted by Gasteiger charge is 2.36. The monoisotopic (exact) mass is 329 g/mol. The lowest BCUT2D eigenvalue weighted by Crippen LogP contribution is -2.49. The zero-order chi connectivity index (χ0) is 18.1. The number of nitrogens with zero attached hydrogens (tertiary/aromatic N) is 1. The molecule has 0 aliphatic carbocycles. The number of rotatable bonds is 9. The third-order valence-electron chi connectivity index (χ3n) is 4.25. The van der Waals surface area contributed by atoms with E-state index in [1.54, 1.807) is 12.1 Å². The van der Waals surface area contributed by atoms with E-state index in [4.69, 9.17) is 6.42 Å². The number of aliphatic carboxylic acids is 1. The second-order valence-corrected chi connectivity index (χ2v) is 6.07. The molecule has 0 saturated heterocycles.